The molecule has 3 N–H and O–H groups in total. The fourth-order valence-electron chi connectivity index (χ4n) is 1.90. The summed E-state index contributed by atoms with van der Waals surface area (Å²) in [6, 6.07) is 13.8. The minimum atomic E-state index is -0.464. The molecule has 0 aromatic heterocycles. The molecule has 0 aliphatic carbocycles. The monoisotopic (exact) mass is 471 g/mol. The molecule has 0 unspecified atom stereocenters. The van der Waals surface area contributed by atoms with Gasteiger partial charge in [0.1, 0.15) is 0 Å². The number of rotatable bonds is 5. The summed E-state index contributed by atoms with van der Waals surface area (Å²) in [5.41, 5.74) is 5.56. The first kappa shape index (κ1) is 19.2. The third-order valence-electron chi connectivity index (χ3n) is 3.16. The zero-order valence-electron chi connectivity index (χ0n) is 13.0. The molecule has 0 aliphatic heterocycles. The second kappa shape index (κ2) is 9.38. The first-order chi connectivity index (χ1) is 12.0. The van der Waals surface area contributed by atoms with Gasteiger partial charge in [0.05, 0.1) is 16.3 Å². The molecule has 0 heterocycles. The van der Waals surface area contributed by atoms with Crippen LogP contribution in [0.2, 0.25) is 5.02 Å². The third kappa shape index (κ3) is 6.02. The van der Waals surface area contributed by atoms with E-state index in [1.807, 2.05) is 28.7 Å². The van der Waals surface area contributed by atoms with Gasteiger partial charge in [0.15, 0.2) is 0 Å². The predicted molar refractivity (Wildman–Crippen MR) is 104 cm³/mol. The van der Waals surface area contributed by atoms with Gasteiger partial charge in [-0.2, -0.15) is 0 Å². The maximum Gasteiger partial charge on any atom is 0.270 e. The highest BCUT2D eigenvalue weighted by molar-refractivity contribution is 14.1. The Morgan fingerprint density at radius 3 is 2.24 bits per heavy atom. The first-order valence-corrected chi connectivity index (χ1v) is 8.81. The van der Waals surface area contributed by atoms with Crippen molar-refractivity contribution in [1.29, 1.82) is 0 Å². The van der Waals surface area contributed by atoms with Crippen LogP contribution in [-0.4, -0.2) is 17.7 Å². The van der Waals surface area contributed by atoms with Gasteiger partial charge >= 0.3 is 0 Å². The molecule has 0 bridgehead atoms. The largest absolute Gasteiger partial charge is 0.325 e. The Balaban J connectivity index is 1.75. The molecule has 0 fully saturated rings. The van der Waals surface area contributed by atoms with Crippen molar-refractivity contribution in [1.82, 2.24) is 10.9 Å². The minimum absolute atomic E-state index is 0.0319. The van der Waals surface area contributed by atoms with E-state index >= 15 is 0 Å². The maximum absolute atomic E-state index is 12.0. The van der Waals surface area contributed by atoms with Gasteiger partial charge < -0.3 is 5.32 Å². The maximum atomic E-state index is 12.0. The molecular weight excluding hydrogens is 457 g/mol. The van der Waals surface area contributed by atoms with Crippen LogP contribution in [0.1, 0.15) is 23.2 Å². The van der Waals surface area contributed by atoms with E-state index in [4.69, 9.17) is 11.6 Å². The van der Waals surface area contributed by atoms with E-state index in [2.05, 4.69) is 16.2 Å². The zero-order valence-corrected chi connectivity index (χ0v) is 15.9. The number of carbonyl (C=O) groups is 3. The number of nitrogens with one attached hydrogen (secondary N) is 3. The summed E-state index contributed by atoms with van der Waals surface area (Å²) in [7, 11) is 0. The molecule has 8 heteroatoms. The normalized spacial score (nSPS) is 10.0. The number of hydrogen-bond donors (Lipinski definition) is 3. The van der Waals surface area contributed by atoms with E-state index in [1.165, 1.54) is 0 Å². The van der Waals surface area contributed by atoms with Crippen molar-refractivity contribution >= 4 is 57.6 Å². The van der Waals surface area contributed by atoms with Crippen LogP contribution < -0.4 is 16.2 Å². The van der Waals surface area contributed by atoms with Gasteiger partial charge in [-0.25, -0.2) is 0 Å². The fourth-order valence-corrected chi connectivity index (χ4v) is 2.72. The molecule has 2 aromatic carbocycles. The van der Waals surface area contributed by atoms with Gasteiger partial charge in [-0.15, -0.1) is 0 Å². The second-order valence-electron chi connectivity index (χ2n) is 5.01. The van der Waals surface area contributed by atoms with E-state index in [0.29, 0.717) is 16.3 Å². The van der Waals surface area contributed by atoms with Crippen molar-refractivity contribution in [3.05, 3.63) is 62.7 Å². The van der Waals surface area contributed by atoms with Gasteiger partial charge in [-0.3, -0.25) is 25.2 Å². The van der Waals surface area contributed by atoms with Crippen molar-refractivity contribution in [2.45, 2.75) is 12.8 Å². The van der Waals surface area contributed by atoms with Crippen molar-refractivity contribution in [2.75, 3.05) is 5.32 Å². The Morgan fingerprint density at radius 2 is 1.52 bits per heavy atom. The van der Waals surface area contributed by atoms with Crippen molar-refractivity contribution in [3.63, 3.8) is 0 Å². The highest BCUT2D eigenvalue weighted by atomic mass is 127. The summed E-state index contributed by atoms with van der Waals surface area (Å²) in [5.74, 6) is -1.22. The molecule has 0 radical (unpaired) electrons. The van der Waals surface area contributed by atoms with Crippen LogP contribution >= 0.6 is 34.2 Å². The topological polar surface area (TPSA) is 87.3 Å². The average molecular weight is 472 g/mol. The standard InChI is InChI=1S/C17H15ClIN3O3/c18-12-6-2-4-8-14(12)20-15(23)9-10-16(24)21-22-17(25)11-5-1-3-7-13(11)19/h1-8H,9-10H2,(H,20,23)(H,21,24)(H,22,25). The number of carbonyl (C=O) groups excluding carboxylic acids is 3. The van der Waals surface area contributed by atoms with Crippen LogP contribution in [-0.2, 0) is 9.59 Å². The minimum Gasteiger partial charge on any atom is -0.325 e. The van der Waals surface area contributed by atoms with Crippen LogP contribution in [0.4, 0.5) is 5.69 Å². The van der Waals surface area contributed by atoms with E-state index < -0.39 is 11.8 Å². The van der Waals surface area contributed by atoms with E-state index in [-0.39, 0.29) is 18.7 Å². The Kier molecular flexibility index (Phi) is 7.20. The lowest BCUT2D eigenvalue weighted by molar-refractivity contribution is -0.124. The number of hydrogen-bond acceptors (Lipinski definition) is 3. The van der Waals surface area contributed by atoms with Crippen LogP contribution in [0.3, 0.4) is 0 Å². The van der Waals surface area contributed by atoms with E-state index in [0.717, 1.165) is 3.57 Å². The SMILES string of the molecule is O=C(CCC(=O)Nc1ccccc1Cl)NNC(=O)c1ccccc1I. The number of para-hydroxylation sites is 1. The zero-order chi connectivity index (χ0) is 18.2. The molecule has 130 valence electrons. The average Bonchev–Trinajstić information content (AvgIpc) is 2.60. The highest BCUT2D eigenvalue weighted by Gasteiger charge is 2.12. The van der Waals surface area contributed by atoms with Gasteiger partial charge in [0.25, 0.3) is 5.91 Å². The molecule has 3 amide bonds. The summed E-state index contributed by atoms with van der Waals surface area (Å²) in [5, 5.41) is 3.05. The Labute approximate surface area is 163 Å². The number of halogens is 2. The molecule has 2 aromatic rings. The second-order valence-corrected chi connectivity index (χ2v) is 6.58. The Hall–Kier alpha value is -2.13. The van der Waals surface area contributed by atoms with Crippen LogP contribution in [0.25, 0.3) is 0 Å². The molecule has 0 saturated heterocycles. The summed E-state index contributed by atoms with van der Waals surface area (Å²) in [6.07, 6.45) is -0.0990. The van der Waals surface area contributed by atoms with Crippen molar-refractivity contribution < 1.29 is 14.4 Å². The van der Waals surface area contributed by atoms with E-state index in [1.54, 1.807) is 42.5 Å². The van der Waals surface area contributed by atoms with Crippen molar-refractivity contribution in [3.8, 4) is 0 Å². The summed E-state index contributed by atoms with van der Waals surface area (Å²) in [6.45, 7) is 0. The molecule has 25 heavy (non-hydrogen) atoms. The fraction of sp³-hybridized carbons (Fsp3) is 0.118. The van der Waals surface area contributed by atoms with Gasteiger partial charge in [0, 0.05) is 16.4 Å². The number of hydrazine groups is 1. The summed E-state index contributed by atoms with van der Waals surface area (Å²) in [4.78, 5) is 35.6. The van der Waals surface area contributed by atoms with Crippen molar-refractivity contribution in [2.24, 2.45) is 0 Å². The van der Waals surface area contributed by atoms with Crippen LogP contribution in [0.15, 0.2) is 48.5 Å². The lowest BCUT2D eigenvalue weighted by Crippen LogP contribution is -2.42. The number of amides is 3. The molecular formula is C17H15ClIN3O3. The lowest BCUT2D eigenvalue weighted by Gasteiger charge is -2.09. The smallest absolute Gasteiger partial charge is 0.270 e. The lowest BCUT2D eigenvalue weighted by atomic mass is 10.2. The predicted octanol–water partition coefficient (Wildman–Crippen LogP) is 3.12. The first-order valence-electron chi connectivity index (χ1n) is 7.35. The molecule has 0 atom stereocenters. The molecule has 2 rings (SSSR count). The third-order valence-corrected chi connectivity index (χ3v) is 4.43. The Bertz CT molecular complexity index is 798. The number of anilines is 1. The molecule has 0 aliphatic rings. The molecule has 0 saturated carbocycles. The quantitative estimate of drug-likeness (QED) is 0.463. The van der Waals surface area contributed by atoms with Gasteiger partial charge in [-0.05, 0) is 46.9 Å². The van der Waals surface area contributed by atoms with Gasteiger partial charge in [-0.1, -0.05) is 35.9 Å². The van der Waals surface area contributed by atoms with E-state index in [9.17, 15) is 14.4 Å². The Morgan fingerprint density at radius 1 is 0.880 bits per heavy atom. The van der Waals surface area contributed by atoms with Gasteiger partial charge in [0.2, 0.25) is 11.8 Å². The van der Waals surface area contributed by atoms with Crippen LogP contribution in [0.5, 0.6) is 0 Å². The number of benzene rings is 2. The summed E-state index contributed by atoms with van der Waals surface area (Å²) >= 11 is 7.98. The van der Waals surface area contributed by atoms with Crippen LogP contribution in [0, 0.1) is 3.57 Å². The highest BCUT2D eigenvalue weighted by Crippen LogP contribution is 2.20. The molecule has 6 nitrogen and oxygen atoms in total. The molecule has 0 spiro atoms. The summed E-state index contributed by atoms with van der Waals surface area (Å²) < 4.78 is 0.769.